The van der Waals surface area contributed by atoms with Gasteiger partial charge in [-0.3, -0.25) is 9.69 Å². The first-order chi connectivity index (χ1) is 10.1. The SMILES string of the molecule is Cc1c[nH]c(CN2CCN(c3ncn[nH]3)CC2)c(C)c1=O. The highest BCUT2D eigenvalue weighted by Gasteiger charge is 2.19. The predicted octanol–water partition coefficient (Wildman–Crippen LogP) is 0.432. The number of rotatable bonds is 3. The van der Waals surface area contributed by atoms with Crippen molar-refractivity contribution in [1.29, 1.82) is 0 Å². The quantitative estimate of drug-likeness (QED) is 0.856. The lowest BCUT2D eigenvalue weighted by Crippen LogP contribution is -2.46. The molecule has 7 nitrogen and oxygen atoms in total. The third kappa shape index (κ3) is 2.82. The minimum absolute atomic E-state index is 0.143. The smallest absolute Gasteiger partial charge is 0.221 e. The van der Waals surface area contributed by atoms with Crippen LogP contribution in [0, 0.1) is 13.8 Å². The molecule has 112 valence electrons. The van der Waals surface area contributed by atoms with E-state index in [4.69, 9.17) is 0 Å². The van der Waals surface area contributed by atoms with Crippen LogP contribution in [-0.2, 0) is 6.54 Å². The van der Waals surface area contributed by atoms with E-state index in [1.807, 2.05) is 13.8 Å². The van der Waals surface area contributed by atoms with Gasteiger partial charge < -0.3 is 9.88 Å². The van der Waals surface area contributed by atoms with Crippen LogP contribution >= 0.6 is 0 Å². The molecule has 1 aliphatic rings. The van der Waals surface area contributed by atoms with Crippen molar-refractivity contribution in [2.75, 3.05) is 31.1 Å². The number of aromatic nitrogens is 4. The van der Waals surface area contributed by atoms with Gasteiger partial charge in [0.05, 0.1) is 0 Å². The van der Waals surface area contributed by atoms with E-state index >= 15 is 0 Å². The molecule has 0 saturated carbocycles. The van der Waals surface area contributed by atoms with E-state index in [1.54, 1.807) is 6.20 Å². The summed E-state index contributed by atoms with van der Waals surface area (Å²) >= 11 is 0. The molecule has 0 amide bonds. The van der Waals surface area contributed by atoms with Gasteiger partial charge in [0, 0.05) is 55.7 Å². The first kappa shape index (κ1) is 13.8. The van der Waals surface area contributed by atoms with Crippen molar-refractivity contribution in [3.63, 3.8) is 0 Å². The summed E-state index contributed by atoms with van der Waals surface area (Å²) in [5, 5.41) is 6.78. The van der Waals surface area contributed by atoms with Gasteiger partial charge in [-0.2, -0.15) is 10.1 Å². The molecular formula is C14H20N6O. The molecule has 0 bridgehead atoms. The Morgan fingerprint density at radius 2 is 2.00 bits per heavy atom. The van der Waals surface area contributed by atoms with E-state index in [2.05, 4.69) is 30.0 Å². The summed E-state index contributed by atoms with van der Waals surface area (Å²) in [6, 6.07) is 0. The van der Waals surface area contributed by atoms with Crippen molar-refractivity contribution in [1.82, 2.24) is 25.1 Å². The number of pyridine rings is 1. The van der Waals surface area contributed by atoms with Crippen LogP contribution in [0.2, 0.25) is 0 Å². The summed E-state index contributed by atoms with van der Waals surface area (Å²) in [6.45, 7) is 8.21. The van der Waals surface area contributed by atoms with Crippen LogP contribution in [0.1, 0.15) is 16.8 Å². The fourth-order valence-corrected chi connectivity index (χ4v) is 2.66. The largest absolute Gasteiger partial charge is 0.363 e. The van der Waals surface area contributed by atoms with Crippen molar-refractivity contribution >= 4 is 5.95 Å². The van der Waals surface area contributed by atoms with Crippen molar-refractivity contribution in [3.8, 4) is 0 Å². The highest BCUT2D eigenvalue weighted by Crippen LogP contribution is 2.12. The Kier molecular flexibility index (Phi) is 3.74. The fourth-order valence-electron chi connectivity index (χ4n) is 2.66. The van der Waals surface area contributed by atoms with Crippen LogP contribution in [0.25, 0.3) is 0 Å². The lowest BCUT2D eigenvalue weighted by atomic mass is 10.1. The second-order valence-corrected chi connectivity index (χ2v) is 5.48. The van der Waals surface area contributed by atoms with E-state index in [9.17, 15) is 4.79 Å². The minimum Gasteiger partial charge on any atom is -0.363 e. The van der Waals surface area contributed by atoms with Crippen molar-refractivity contribution in [2.45, 2.75) is 20.4 Å². The molecule has 0 aliphatic carbocycles. The molecule has 0 atom stereocenters. The maximum atomic E-state index is 12.0. The van der Waals surface area contributed by atoms with Crippen molar-refractivity contribution in [2.24, 2.45) is 0 Å². The van der Waals surface area contributed by atoms with Gasteiger partial charge in [0.15, 0.2) is 5.43 Å². The minimum atomic E-state index is 0.143. The Morgan fingerprint density at radius 1 is 1.24 bits per heavy atom. The molecule has 2 N–H and O–H groups in total. The maximum absolute atomic E-state index is 12.0. The molecule has 0 spiro atoms. The first-order valence-corrected chi connectivity index (χ1v) is 7.15. The topological polar surface area (TPSA) is 80.9 Å². The Morgan fingerprint density at radius 3 is 2.67 bits per heavy atom. The van der Waals surface area contributed by atoms with E-state index in [0.717, 1.165) is 55.5 Å². The molecule has 21 heavy (non-hydrogen) atoms. The van der Waals surface area contributed by atoms with E-state index < -0.39 is 0 Å². The number of piperazine rings is 1. The molecule has 0 unspecified atom stereocenters. The third-order valence-corrected chi connectivity index (χ3v) is 4.07. The predicted molar refractivity (Wildman–Crippen MR) is 80.4 cm³/mol. The van der Waals surface area contributed by atoms with Crippen LogP contribution < -0.4 is 10.3 Å². The highest BCUT2D eigenvalue weighted by molar-refractivity contribution is 5.28. The molecule has 1 saturated heterocycles. The van der Waals surface area contributed by atoms with E-state index in [0.29, 0.717) is 0 Å². The van der Waals surface area contributed by atoms with Crippen LogP contribution in [0.5, 0.6) is 0 Å². The molecule has 0 radical (unpaired) electrons. The van der Waals surface area contributed by atoms with Crippen LogP contribution in [0.4, 0.5) is 5.95 Å². The average Bonchev–Trinajstić information content (AvgIpc) is 3.03. The monoisotopic (exact) mass is 288 g/mol. The number of anilines is 1. The molecule has 2 aromatic heterocycles. The standard InChI is InChI=1S/C14H20N6O/c1-10-7-15-12(11(2)13(10)21)8-19-3-5-20(6-4-19)14-16-9-17-18-14/h7,9H,3-6,8H2,1-2H3,(H,15,21)(H,16,17,18). The zero-order chi connectivity index (χ0) is 14.8. The molecule has 7 heteroatoms. The zero-order valence-electron chi connectivity index (χ0n) is 12.4. The van der Waals surface area contributed by atoms with Gasteiger partial charge in [0.1, 0.15) is 6.33 Å². The number of aromatic amines is 2. The van der Waals surface area contributed by atoms with Crippen LogP contribution in [-0.4, -0.2) is 51.2 Å². The summed E-state index contributed by atoms with van der Waals surface area (Å²) in [6.07, 6.45) is 3.33. The number of H-pyrrole nitrogens is 2. The summed E-state index contributed by atoms with van der Waals surface area (Å²) in [4.78, 5) is 23.9. The molecule has 1 aliphatic heterocycles. The Labute approximate surface area is 123 Å². The Balaban J connectivity index is 1.63. The summed E-state index contributed by atoms with van der Waals surface area (Å²) in [7, 11) is 0. The second-order valence-electron chi connectivity index (χ2n) is 5.48. The molecular weight excluding hydrogens is 268 g/mol. The highest BCUT2D eigenvalue weighted by atomic mass is 16.1. The summed E-state index contributed by atoms with van der Waals surface area (Å²) in [5.74, 6) is 0.828. The molecule has 0 aromatic carbocycles. The average molecular weight is 288 g/mol. The Hall–Kier alpha value is -2.15. The van der Waals surface area contributed by atoms with Crippen molar-refractivity contribution < 1.29 is 0 Å². The van der Waals surface area contributed by atoms with E-state index in [-0.39, 0.29) is 5.43 Å². The lowest BCUT2D eigenvalue weighted by molar-refractivity contribution is 0.245. The van der Waals surface area contributed by atoms with Gasteiger partial charge >= 0.3 is 0 Å². The number of nitrogens with one attached hydrogen (secondary N) is 2. The van der Waals surface area contributed by atoms with Gasteiger partial charge in [-0.25, -0.2) is 5.10 Å². The van der Waals surface area contributed by atoms with Crippen molar-refractivity contribution in [3.05, 3.63) is 39.6 Å². The number of hydrogen-bond donors (Lipinski definition) is 2. The molecule has 3 heterocycles. The molecule has 1 fully saturated rings. The molecule has 2 aromatic rings. The Bertz CT molecular complexity index is 655. The van der Waals surface area contributed by atoms with Gasteiger partial charge in [-0.15, -0.1) is 0 Å². The second kappa shape index (κ2) is 5.69. The summed E-state index contributed by atoms with van der Waals surface area (Å²) < 4.78 is 0. The first-order valence-electron chi connectivity index (χ1n) is 7.15. The summed E-state index contributed by atoms with van der Waals surface area (Å²) in [5.41, 5.74) is 2.75. The fraction of sp³-hybridized carbons (Fsp3) is 0.500. The zero-order valence-corrected chi connectivity index (χ0v) is 12.4. The lowest BCUT2D eigenvalue weighted by Gasteiger charge is -2.34. The number of aryl methyl sites for hydroxylation is 1. The van der Waals surface area contributed by atoms with Crippen LogP contribution in [0.15, 0.2) is 17.3 Å². The van der Waals surface area contributed by atoms with Crippen LogP contribution in [0.3, 0.4) is 0 Å². The third-order valence-electron chi connectivity index (χ3n) is 4.07. The van der Waals surface area contributed by atoms with E-state index in [1.165, 1.54) is 6.33 Å². The molecule has 3 rings (SSSR count). The van der Waals surface area contributed by atoms with Gasteiger partial charge in [0.2, 0.25) is 5.95 Å². The normalized spacial score (nSPS) is 16.4. The number of nitrogens with zero attached hydrogens (tertiary/aromatic N) is 4. The maximum Gasteiger partial charge on any atom is 0.221 e. The van der Waals surface area contributed by atoms with Gasteiger partial charge in [-0.05, 0) is 13.8 Å². The van der Waals surface area contributed by atoms with Gasteiger partial charge in [-0.1, -0.05) is 0 Å². The number of hydrogen-bond acceptors (Lipinski definition) is 5. The van der Waals surface area contributed by atoms with Gasteiger partial charge in [0.25, 0.3) is 0 Å².